The van der Waals surface area contributed by atoms with Gasteiger partial charge >= 0.3 is 0 Å². The molecule has 21 heavy (non-hydrogen) atoms. The zero-order valence-corrected chi connectivity index (χ0v) is 13.8. The summed E-state index contributed by atoms with van der Waals surface area (Å²) in [5.74, 6) is -0.413. The first-order valence-corrected chi connectivity index (χ1v) is 7.56. The molecule has 0 amide bonds. The third kappa shape index (κ3) is 3.57. The van der Waals surface area contributed by atoms with Crippen molar-refractivity contribution in [3.8, 4) is 0 Å². The highest BCUT2D eigenvalue weighted by Crippen LogP contribution is 2.27. The molecule has 2 aromatic rings. The summed E-state index contributed by atoms with van der Waals surface area (Å²) in [6, 6.07) is 4.82. The molecule has 1 unspecified atom stereocenters. The Balaban J connectivity index is 2.32. The summed E-state index contributed by atoms with van der Waals surface area (Å²) in [5, 5.41) is 8.45. The van der Waals surface area contributed by atoms with Crippen molar-refractivity contribution >= 4 is 23.2 Å². The first-order valence-electron chi connectivity index (χ1n) is 6.80. The minimum atomic E-state index is -0.413. The van der Waals surface area contributed by atoms with E-state index in [-0.39, 0.29) is 11.1 Å². The summed E-state index contributed by atoms with van der Waals surface area (Å²) in [6.07, 6.45) is 0.630. The Labute approximate surface area is 134 Å². The highest BCUT2D eigenvalue weighted by molar-refractivity contribution is 6.32. The van der Waals surface area contributed by atoms with Crippen molar-refractivity contribution in [3.63, 3.8) is 0 Å². The van der Waals surface area contributed by atoms with E-state index in [9.17, 15) is 4.39 Å². The Morgan fingerprint density at radius 2 is 2.10 bits per heavy atom. The molecule has 1 N–H and O–H groups in total. The molecule has 0 saturated heterocycles. The number of hydrogen-bond acceptors (Lipinski definition) is 2. The number of aryl methyl sites for hydroxylation is 2. The number of likely N-dealkylation sites (N-methyl/N-ethyl adjacent to an activating group) is 1. The van der Waals surface area contributed by atoms with Crippen molar-refractivity contribution in [2.75, 3.05) is 6.54 Å². The van der Waals surface area contributed by atoms with Gasteiger partial charge in [0, 0.05) is 19.5 Å². The van der Waals surface area contributed by atoms with Crippen molar-refractivity contribution in [3.05, 3.63) is 51.0 Å². The van der Waals surface area contributed by atoms with Gasteiger partial charge in [-0.3, -0.25) is 4.68 Å². The molecule has 1 atom stereocenters. The predicted octanol–water partition coefficient (Wildman–Crippen LogP) is 4.07. The molecule has 0 saturated carbocycles. The fourth-order valence-electron chi connectivity index (χ4n) is 2.38. The van der Waals surface area contributed by atoms with Crippen LogP contribution in [0.2, 0.25) is 10.0 Å². The van der Waals surface area contributed by atoms with Gasteiger partial charge in [0.2, 0.25) is 0 Å². The first-order chi connectivity index (χ1) is 9.93. The molecule has 0 fully saturated rings. The molecule has 3 nitrogen and oxygen atoms in total. The lowest BCUT2D eigenvalue weighted by Gasteiger charge is -2.19. The lowest BCUT2D eigenvalue weighted by molar-refractivity contribution is 0.524. The van der Waals surface area contributed by atoms with Crippen LogP contribution in [0.15, 0.2) is 18.2 Å². The molecule has 0 radical (unpaired) electrons. The molecule has 0 aliphatic carbocycles. The maximum atomic E-state index is 13.7. The quantitative estimate of drug-likeness (QED) is 0.896. The van der Waals surface area contributed by atoms with Crippen LogP contribution in [-0.4, -0.2) is 16.3 Å². The molecular formula is C15H18Cl2FN3. The minimum absolute atomic E-state index is 0.0472. The van der Waals surface area contributed by atoms with Gasteiger partial charge in [-0.05, 0) is 31.2 Å². The summed E-state index contributed by atoms with van der Waals surface area (Å²) in [7, 11) is 1.86. The lowest BCUT2D eigenvalue weighted by Crippen LogP contribution is -2.24. The summed E-state index contributed by atoms with van der Waals surface area (Å²) in [5.41, 5.74) is 2.57. The summed E-state index contributed by atoms with van der Waals surface area (Å²) >= 11 is 12.0. The zero-order valence-electron chi connectivity index (χ0n) is 12.3. The molecule has 114 valence electrons. The van der Waals surface area contributed by atoms with Crippen LogP contribution in [0, 0.1) is 12.7 Å². The van der Waals surface area contributed by atoms with Gasteiger partial charge in [-0.25, -0.2) is 4.39 Å². The van der Waals surface area contributed by atoms with E-state index in [0.717, 1.165) is 23.5 Å². The first kappa shape index (κ1) is 16.3. The van der Waals surface area contributed by atoms with Crippen molar-refractivity contribution in [1.82, 2.24) is 15.1 Å². The monoisotopic (exact) mass is 329 g/mol. The molecule has 0 spiro atoms. The van der Waals surface area contributed by atoms with Gasteiger partial charge in [0.25, 0.3) is 0 Å². The third-order valence-corrected chi connectivity index (χ3v) is 4.25. The zero-order chi connectivity index (χ0) is 15.6. The minimum Gasteiger partial charge on any atom is -0.310 e. The Morgan fingerprint density at radius 1 is 1.38 bits per heavy atom. The molecule has 0 bridgehead atoms. The van der Waals surface area contributed by atoms with E-state index < -0.39 is 5.82 Å². The second-order valence-electron chi connectivity index (χ2n) is 4.96. The Morgan fingerprint density at radius 3 is 2.62 bits per heavy atom. The SMILES string of the molecule is CCNC(Cc1c(Cl)c(C)nn1C)c1ccc(Cl)c(F)c1. The van der Waals surface area contributed by atoms with Crippen molar-refractivity contribution < 1.29 is 4.39 Å². The highest BCUT2D eigenvalue weighted by Gasteiger charge is 2.19. The number of halogens is 3. The van der Waals surface area contributed by atoms with Crippen LogP contribution in [0.1, 0.15) is 29.9 Å². The maximum Gasteiger partial charge on any atom is 0.142 e. The van der Waals surface area contributed by atoms with E-state index in [4.69, 9.17) is 23.2 Å². The second-order valence-corrected chi connectivity index (χ2v) is 5.74. The van der Waals surface area contributed by atoms with Crippen LogP contribution in [0.25, 0.3) is 0 Å². The van der Waals surface area contributed by atoms with Crippen LogP contribution >= 0.6 is 23.2 Å². The largest absolute Gasteiger partial charge is 0.310 e. The van der Waals surface area contributed by atoms with Crippen molar-refractivity contribution in [2.45, 2.75) is 26.3 Å². The molecule has 1 heterocycles. The summed E-state index contributed by atoms with van der Waals surface area (Å²) < 4.78 is 15.5. The van der Waals surface area contributed by atoms with Gasteiger partial charge < -0.3 is 5.32 Å². The number of aromatic nitrogens is 2. The fourth-order valence-corrected chi connectivity index (χ4v) is 2.73. The highest BCUT2D eigenvalue weighted by atomic mass is 35.5. The van der Waals surface area contributed by atoms with E-state index >= 15 is 0 Å². The topological polar surface area (TPSA) is 29.9 Å². The van der Waals surface area contributed by atoms with E-state index in [1.807, 2.05) is 27.0 Å². The maximum absolute atomic E-state index is 13.7. The number of benzene rings is 1. The van der Waals surface area contributed by atoms with E-state index in [2.05, 4.69) is 10.4 Å². The molecule has 1 aromatic heterocycles. The van der Waals surface area contributed by atoms with E-state index in [0.29, 0.717) is 11.4 Å². The van der Waals surface area contributed by atoms with Gasteiger partial charge in [0.1, 0.15) is 5.82 Å². The number of rotatable bonds is 5. The molecule has 0 aliphatic heterocycles. The van der Waals surface area contributed by atoms with Crippen LogP contribution in [0.3, 0.4) is 0 Å². The molecule has 6 heteroatoms. The van der Waals surface area contributed by atoms with Crippen LogP contribution < -0.4 is 5.32 Å². The third-order valence-electron chi connectivity index (χ3n) is 3.46. The average Bonchev–Trinajstić information content (AvgIpc) is 2.68. The number of hydrogen-bond donors (Lipinski definition) is 1. The Bertz CT molecular complexity index is 640. The number of nitrogens with one attached hydrogen (secondary N) is 1. The number of nitrogens with zero attached hydrogens (tertiary/aromatic N) is 2. The van der Waals surface area contributed by atoms with Gasteiger partial charge in [-0.2, -0.15) is 5.10 Å². The average molecular weight is 330 g/mol. The van der Waals surface area contributed by atoms with Gasteiger partial charge in [0.15, 0.2) is 0 Å². The standard InChI is InChI=1S/C15H18Cl2FN3/c1-4-19-13(10-5-6-11(16)12(18)7-10)8-14-15(17)9(2)20-21(14)3/h5-7,13,19H,4,8H2,1-3H3. The molecule has 0 aliphatic rings. The van der Waals surface area contributed by atoms with Crippen molar-refractivity contribution in [1.29, 1.82) is 0 Å². The van der Waals surface area contributed by atoms with E-state index in [1.54, 1.807) is 10.7 Å². The van der Waals surface area contributed by atoms with E-state index in [1.165, 1.54) is 6.07 Å². The van der Waals surface area contributed by atoms with Crippen molar-refractivity contribution in [2.24, 2.45) is 7.05 Å². The van der Waals surface area contributed by atoms with Gasteiger partial charge in [-0.1, -0.05) is 36.2 Å². The molecular weight excluding hydrogens is 312 g/mol. The van der Waals surface area contributed by atoms with Crippen LogP contribution in [-0.2, 0) is 13.5 Å². The Kier molecular flexibility index (Phi) is 5.25. The van der Waals surface area contributed by atoms with Gasteiger partial charge in [-0.15, -0.1) is 0 Å². The molecule has 1 aromatic carbocycles. The Hall–Kier alpha value is -1.10. The van der Waals surface area contributed by atoms with Gasteiger partial charge in [0.05, 0.1) is 21.4 Å². The smallest absolute Gasteiger partial charge is 0.142 e. The molecule has 2 rings (SSSR count). The summed E-state index contributed by atoms with van der Waals surface area (Å²) in [6.45, 7) is 4.65. The van der Waals surface area contributed by atoms with Crippen LogP contribution in [0.4, 0.5) is 4.39 Å². The normalized spacial score (nSPS) is 12.7. The lowest BCUT2D eigenvalue weighted by atomic mass is 10.0. The fraction of sp³-hybridized carbons (Fsp3) is 0.400. The summed E-state index contributed by atoms with van der Waals surface area (Å²) in [4.78, 5) is 0. The predicted molar refractivity (Wildman–Crippen MR) is 84.5 cm³/mol. The second kappa shape index (κ2) is 6.77. The van der Waals surface area contributed by atoms with Crippen LogP contribution in [0.5, 0.6) is 0 Å².